The Morgan fingerprint density at radius 3 is 2.61 bits per heavy atom. The SMILES string of the molecule is COc1ccc(CNC2CCCC(C)(C)C2)cc1. The van der Waals surface area contributed by atoms with E-state index in [1.165, 1.54) is 31.2 Å². The number of ether oxygens (including phenoxy) is 1. The lowest BCUT2D eigenvalue weighted by atomic mass is 9.75. The lowest BCUT2D eigenvalue weighted by Gasteiger charge is -2.35. The highest BCUT2D eigenvalue weighted by Gasteiger charge is 2.27. The minimum absolute atomic E-state index is 0.510. The van der Waals surface area contributed by atoms with E-state index in [4.69, 9.17) is 4.74 Å². The molecule has 2 nitrogen and oxygen atoms in total. The van der Waals surface area contributed by atoms with E-state index in [9.17, 15) is 0 Å². The summed E-state index contributed by atoms with van der Waals surface area (Å²) in [6.45, 7) is 5.73. The van der Waals surface area contributed by atoms with Crippen LogP contribution in [0.5, 0.6) is 5.75 Å². The zero-order valence-corrected chi connectivity index (χ0v) is 11.8. The van der Waals surface area contributed by atoms with Crippen molar-refractivity contribution in [1.29, 1.82) is 0 Å². The van der Waals surface area contributed by atoms with E-state index in [1.807, 2.05) is 12.1 Å². The first-order valence-corrected chi connectivity index (χ1v) is 6.95. The predicted molar refractivity (Wildman–Crippen MR) is 75.9 cm³/mol. The molecule has 0 aliphatic heterocycles. The van der Waals surface area contributed by atoms with Crippen LogP contribution in [0.4, 0.5) is 0 Å². The molecule has 1 aliphatic carbocycles. The maximum Gasteiger partial charge on any atom is 0.118 e. The van der Waals surface area contributed by atoms with Crippen molar-refractivity contribution in [2.24, 2.45) is 5.41 Å². The molecule has 2 heteroatoms. The summed E-state index contributed by atoms with van der Waals surface area (Å²) < 4.78 is 5.17. The van der Waals surface area contributed by atoms with Gasteiger partial charge in [0, 0.05) is 12.6 Å². The van der Waals surface area contributed by atoms with Gasteiger partial charge in [0.15, 0.2) is 0 Å². The highest BCUT2D eigenvalue weighted by molar-refractivity contribution is 5.27. The van der Waals surface area contributed by atoms with Crippen LogP contribution < -0.4 is 10.1 Å². The fourth-order valence-electron chi connectivity index (χ4n) is 2.88. The van der Waals surface area contributed by atoms with Gasteiger partial charge in [-0.2, -0.15) is 0 Å². The highest BCUT2D eigenvalue weighted by atomic mass is 16.5. The molecule has 1 atom stereocenters. The van der Waals surface area contributed by atoms with E-state index in [1.54, 1.807) is 7.11 Å². The van der Waals surface area contributed by atoms with Crippen LogP contribution in [0.3, 0.4) is 0 Å². The van der Waals surface area contributed by atoms with Crippen LogP contribution in [0.25, 0.3) is 0 Å². The molecule has 1 unspecified atom stereocenters. The van der Waals surface area contributed by atoms with E-state index in [0.29, 0.717) is 11.5 Å². The Kier molecular flexibility index (Phi) is 4.28. The second kappa shape index (κ2) is 5.75. The normalized spacial score (nSPS) is 22.7. The third-order valence-corrected chi connectivity index (χ3v) is 3.96. The number of methoxy groups -OCH3 is 1. The van der Waals surface area contributed by atoms with Crippen molar-refractivity contribution in [2.75, 3.05) is 7.11 Å². The Morgan fingerprint density at radius 2 is 2.00 bits per heavy atom. The molecular weight excluding hydrogens is 222 g/mol. The molecule has 1 aromatic carbocycles. The van der Waals surface area contributed by atoms with Crippen molar-refractivity contribution in [3.63, 3.8) is 0 Å². The quantitative estimate of drug-likeness (QED) is 0.875. The van der Waals surface area contributed by atoms with E-state index >= 15 is 0 Å². The summed E-state index contributed by atoms with van der Waals surface area (Å²) >= 11 is 0. The van der Waals surface area contributed by atoms with Crippen molar-refractivity contribution < 1.29 is 4.74 Å². The highest BCUT2D eigenvalue weighted by Crippen LogP contribution is 2.35. The molecular formula is C16H25NO. The molecule has 0 saturated heterocycles. The summed E-state index contributed by atoms with van der Waals surface area (Å²) in [5.74, 6) is 0.928. The van der Waals surface area contributed by atoms with Crippen LogP contribution in [-0.2, 0) is 6.54 Å². The van der Waals surface area contributed by atoms with Gasteiger partial charge in [-0.25, -0.2) is 0 Å². The van der Waals surface area contributed by atoms with Crippen LogP contribution >= 0.6 is 0 Å². The second-order valence-electron chi connectivity index (χ2n) is 6.19. The maximum absolute atomic E-state index is 5.17. The monoisotopic (exact) mass is 247 g/mol. The number of benzene rings is 1. The largest absolute Gasteiger partial charge is 0.497 e. The van der Waals surface area contributed by atoms with Crippen LogP contribution in [0.15, 0.2) is 24.3 Å². The lowest BCUT2D eigenvalue weighted by molar-refractivity contribution is 0.198. The Bertz CT molecular complexity index is 369. The van der Waals surface area contributed by atoms with Crippen molar-refractivity contribution in [3.8, 4) is 5.75 Å². The Hall–Kier alpha value is -1.02. The lowest BCUT2D eigenvalue weighted by Crippen LogP contribution is -2.36. The van der Waals surface area contributed by atoms with Gasteiger partial charge in [0.05, 0.1) is 7.11 Å². The van der Waals surface area contributed by atoms with Crippen LogP contribution in [-0.4, -0.2) is 13.2 Å². The molecule has 18 heavy (non-hydrogen) atoms. The van der Waals surface area contributed by atoms with Crippen LogP contribution in [0.2, 0.25) is 0 Å². The number of rotatable bonds is 4. The molecule has 100 valence electrons. The Labute approximate surface area is 111 Å². The van der Waals surface area contributed by atoms with Gasteiger partial charge in [0.1, 0.15) is 5.75 Å². The smallest absolute Gasteiger partial charge is 0.118 e. The third-order valence-electron chi connectivity index (χ3n) is 3.96. The zero-order chi connectivity index (χ0) is 13.0. The fourth-order valence-corrected chi connectivity index (χ4v) is 2.88. The van der Waals surface area contributed by atoms with Crippen LogP contribution in [0, 0.1) is 5.41 Å². The van der Waals surface area contributed by atoms with Crippen molar-refractivity contribution in [2.45, 2.75) is 52.1 Å². The molecule has 1 N–H and O–H groups in total. The van der Waals surface area contributed by atoms with E-state index in [-0.39, 0.29) is 0 Å². The molecule has 1 fully saturated rings. The summed E-state index contributed by atoms with van der Waals surface area (Å²) in [5.41, 5.74) is 1.84. The van der Waals surface area contributed by atoms with Gasteiger partial charge in [0.2, 0.25) is 0 Å². The first-order valence-electron chi connectivity index (χ1n) is 6.95. The first kappa shape index (κ1) is 13.4. The van der Waals surface area contributed by atoms with E-state index in [2.05, 4.69) is 31.3 Å². The molecule has 1 aromatic rings. The average Bonchev–Trinajstić information content (AvgIpc) is 2.36. The standard InChI is InChI=1S/C16H25NO/c1-16(2)10-4-5-14(11-16)17-12-13-6-8-15(18-3)9-7-13/h6-9,14,17H,4-5,10-12H2,1-3H3. The maximum atomic E-state index is 5.17. The van der Waals surface area contributed by atoms with Crippen molar-refractivity contribution in [1.82, 2.24) is 5.32 Å². The summed E-state index contributed by atoms with van der Waals surface area (Å²) in [5, 5.41) is 3.69. The molecule has 1 aliphatic rings. The van der Waals surface area contributed by atoms with Gasteiger partial charge in [0.25, 0.3) is 0 Å². The van der Waals surface area contributed by atoms with Gasteiger partial charge in [-0.15, -0.1) is 0 Å². The number of hydrogen-bond acceptors (Lipinski definition) is 2. The minimum atomic E-state index is 0.510. The predicted octanol–water partition coefficient (Wildman–Crippen LogP) is 3.75. The summed E-state index contributed by atoms with van der Waals surface area (Å²) in [6.07, 6.45) is 5.34. The van der Waals surface area contributed by atoms with Gasteiger partial charge in [-0.05, 0) is 42.4 Å². The number of nitrogens with one attached hydrogen (secondary N) is 1. The summed E-state index contributed by atoms with van der Waals surface area (Å²) in [4.78, 5) is 0. The third kappa shape index (κ3) is 3.74. The average molecular weight is 247 g/mol. The molecule has 0 aromatic heterocycles. The first-order chi connectivity index (χ1) is 8.59. The van der Waals surface area contributed by atoms with Gasteiger partial charge in [-0.1, -0.05) is 32.4 Å². The molecule has 2 rings (SSSR count). The summed E-state index contributed by atoms with van der Waals surface area (Å²) in [7, 11) is 1.71. The van der Waals surface area contributed by atoms with Gasteiger partial charge < -0.3 is 10.1 Å². The Balaban J connectivity index is 1.83. The number of hydrogen-bond donors (Lipinski definition) is 1. The Morgan fingerprint density at radius 1 is 1.28 bits per heavy atom. The zero-order valence-electron chi connectivity index (χ0n) is 11.8. The molecule has 1 saturated carbocycles. The van der Waals surface area contributed by atoms with Gasteiger partial charge >= 0.3 is 0 Å². The van der Waals surface area contributed by atoms with E-state index in [0.717, 1.165) is 12.3 Å². The topological polar surface area (TPSA) is 21.3 Å². The minimum Gasteiger partial charge on any atom is -0.497 e. The molecule has 0 bridgehead atoms. The second-order valence-corrected chi connectivity index (χ2v) is 6.19. The van der Waals surface area contributed by atoms with Crippen molar-refractivity contribution >= 4 is 0 Å². The van der Waals surface area contributed by atoms with E-state index < -0.39 is 0 Å². The molecule has 0 heterocycles. The summed E-state index contributed by atoms with van der Waals surface area (Å²) in [6, 6.07) is 9.01. The molecule has 0 radical (unpaired) electrons. The molecule has 0 spiro atoms. The fraction of sp³-hybridized carbons (Fsp3) is 0.625. The molecule has 0 amide bonds. The van der Waals surface area contributed by atoms with Gasteiger partial charge in [-0.3, -0.25) is 0 Å². The van der Waals surface area contributed by atoms with Crippen molar-refractivity contribution in [3.05, 3.63) is 29.8 Å². The van der Waals surface area contributed by atoms with Crippen LogP contribution in [0.1, 0.15) is 45.1 Å².